The quantitative estimate of drug-likeness (QED) is 0.276. The topological polar surface area (TPSA) is 75.1 Å². The van der Waals surface area contributed by atoms with Crippen molar-refractivity contribution in [2.45, 2.75) is 0 Å². The van der Waals surface area contributed by atoms with Crippen molar-refractivity contribution in [1.82, 2.24) is 0 Å². The normalized spacial score (nSPS) is 10.6. The van der Waals surface area contributed by atoms with Crippen molar-refractivity contribution in [2.75, 3.05) is 7.11 Å². The molecule has 0 unspecified atom stereocenters. The van der Waals surface area contributed by atoms with E-state index in [0.717, 1.165) is 0 Å². The summed E-state index contributed by atoms with van der Waals surface area (Å²) in [7, 11) is 1.18. The number of halogens is 2. The highest BCUT2D eigenvalue weighted by atomic mass is 35.5. The Hall–Kier alpha value is -1.68. The van der Waals surface area contributed by atoms with Crippen LogP contribution >= 0.6 is 23.2 Å². The summed E-state index contributed by atoms with van der Waals surface area (Å²) < 4.78 is 4.46. The van der Waals surface area contributed by atoms with Crippen LogP contribution in [0.2, 0.25) is 10.0 Å². The molecular formula is C10H7Cl2N3O2. The van der Waals surface area contributed by atoms with Crippen LogP contribution < -0.4 is 0 Å². The number of hydrogen-bond donors (Lipinski definition) is 0. The third-order valence-electron chi connectivity index (χ3n) is 1.83. The molecule has 7 heteroatoms. The van der Waals surface area contributed by atoms with Gasteiger partial charge in [0, 0.05) is 20.5 Å². The van der Waals surface area contributed by atoms with E-state index in [2.05, 4.69) is 14.8 Å². The van der Waals surface area contributed by atoms with E-state index in [9.17, 15) is 4.79 Å². The Balaban J connectivity index is 3.31. The summed E-state index contributed by atoms with van der Waals surface area (Å²) in [6.07, 6.45) is 1.27. The zero-order valence-electron chi connectivity index (χ0n) is 8.72. The van der Waals surface area contributed by atoms with E-state index in [1.165, 1.54) is 13.2 Å². The lowest BCUT2D eigenvalue weighted by Gasteiger charge is -2.03. The molecular weight excluding hydrogens is 265 g/mol. The van der Waals surface area contributed by atoms with E-state index in [0.29, 0.717) is 15.6 Å². The van der Waals surface area contributed by atoms with Crippen molar-refractivity contribution in [3.05, 3.63) is 49.9 Å². The summed E-state index contributed by atoms with van der Waals surface area (Å²) in [4.78, 5) is 13.8. The van der Waals surface area contributed by atoms with Gasteiger partial charge in [0.05, 0.1) is 7.11 Å². The minimum Gasteiger partial charge on any atom is -0.466 e. The Bertz CT molecular complexity index is 502. The van der Waals surface area contributed by atoms with Gasteiger partial charge in [0.15, 0.2) is 0 Å². The monoisotopic (exact) mass is 271 g/mol. The smallest absolute Gasteiger partial charge is 0.340 e. The molecule has 0 atom stereocenters. The number of benzene rings is 1. The molecule has 17 heavy (non-hydrogen) atoms. The average molecular weight is 272 g/mol. The van der Waals surface area contributed by atoms with Crippen LogP contribution in [0.15, 0.2) is 29.0 Å². The van der Waals surface area contributed by atoms with Crippen molar-refractivity contribution in [3.63, 3.8) is 0 Å². The molecule has 0 aliphatic heterocycles. The molecule has 0 heterocycles. The van der Waals surface area contributed by atoms with Crippen molar-refractivity contribution < 1.29 is 9.53 Å². The minimum absolute atomic E-state index is 0.218. The molecule has 0 aromatic heterocycles. The van der Waals surface area contributed by atoms with Crippen molar-refractivity contribution in [1.29, 1.82) is 0 Å². The number of esters is 1. The first-order chi connectivity index (χ1) is 8.10. The minimum atomic E-state index is -0.765. The van der Waals surface area contributed by atoms with Crippen LogP contribution in [0, 0.1) is 0 Å². The Labute approximate surface area is 107 Å². The van der Waals surface area contributed by atoms with Gasteiger partial charge in [-0.3, -0.25) is 0 Å². The molecule has 0 spiro atoms. The highest BCUT2D eigenvalue weighted by Gasteiger charge is 2.10. The van der Waals surface area contributed by atoms with Crippen molar-refractivity contribution in [2.24, 2.45) is 5.11 Å². The van der Waals surface area contributed by atoms with Gasteiger partial charge in [-0.15, -0.1) is 0 Å². The summed E-state index contributed by atoms with van der Waals surface area (Å²) in [6.45, 7) is 0. The molecule has 88 valence electrons. The number of carbonyl (C=O) groups is 1. The number of rotatable bonds is 3. The Morgan fingerprint density at radius 3 is 2.53 bits per heavy atom. The largest absolute Gasteiger partial charge is 0.466 e. The molecule has 1 aromatic carbocycles. The summed E-state index contributed by atoms with van der Waals surface area (Å²) in [6, 6.07) is 4.86. The fourth-order valence-corrected chi connectivity index (χ4v) is 1.57. The van der Waals surface area contributed by atoms with E-state index in [1.807, 2.05) is 0 Å². The Kier molecular flexibility index (Phi) is 4.84. The number of ether oxygens (including phenoxy) is 1. The summed E-state index contributed by atoms with van der Waals surface area (Å²) in [5.74, 6) is -0.765. The molecule has 0 fully saturated rings. The van der Waals surface area contributed by atoms with Crippen LogP contribution in [-0.4, -0.2) is 13.1 Å². The molecule has 0 amide bonds. The summed E-state index contributed by atoms with van der Waals surface area (Å²) >= 11 is 11.8. The van der Waals surface area contributed by atoms with Gasteiger partial charge in [-0.25, -0.2) is 4.79 Å². The number of azide groups is 1. The van der Waals surface area contributed by atoms with Crippen LogP contribution in [0.25, 0.3) is 16.5 Å². The highest BCUT2D eigenvalue weighted by molar-refractivity contribution is 6.37. The molecule has 1 rings (SSSR count). The van der Waals surface area contributed by atoms with Gasteiger partial charge in [0.1, 0.15) is 5.70 Å². The van der Waals surface area contributed by atoms with E-state index < -0.39 is 5.97 Å². The first kappa shape index (κ1) is 13.4. The lowest BCUT2D eigenvalue weighted by atomic mass is 10.2. The molecule has 0 N–H and O–H groups in total. The lowest BCUT2D eigenvalue weighted by Crippen LogP contribution is -2.02. The van der Waals surface area contributed by atoms with Gasteiger partial charge in [0.2, 0.25) is 0 Å². The number of methoxy groups -OCH3 is 1. The second-order valence-electron chi connectivity index (χ2n) is 2.85. The van der Waals surface area contributed by atoms with Crippen LogP contribution in [-0.2, 0) is 9.53 Å². The number of carbonyl (C=O) groups excluding carboxylic acids is 1. The predicted octanol–water partition coefficient (Wildman–Crippen LogP) is 3.82. The van der Waals surface area contributed by atoms with Gasteiger partial charge < -0.3 is 4.74 Å². The first-order valence-corrected chi connectivity index (χ1v) is 5.15. The third kappa shape index (κ3) is 3.39. The molecule has 0 radical (unpaired) electrons. The van der Waals surface area contributed by atoms with E-state index in [1.54, 1.807) is 18.2 Å². The third-order valence-corrected chi connectivity index (χ3v) is 2.49. The van der Waals surface area contributed by atoms with Crippen LogP contribution in [0.4, 0.5) is 0 Å². The van der Waals surface area contributed by atoms with Crippen LogP contribution in [0.3, 0.4) is 0 Å². The maximum atomic E-state index is 11.3. The van der Waals surface area contributed by atoms with Crippen LogP contribution in [0.5, 0.6) is 0 Å². The molecule has 1 aromatic rings. The second kappa shape index (κ2) is 6.15. The maximum absolute atomic E-state index is 11.3. The molecule has 5 nitrogen and oxygen atoms in total. The molecule has 0 bridgehead atoms. The average Bonchev–Trinajstić information content (AvgIpc) is 2.31. The summed E-state index contributed by atoms with van der Waals surface area (Å²) in [5, 5.41) is 3.90. The van der Waals surface area contributed by atoms with E-state index in [-0.39, 0.29) is 5.70 Å². The molecule has 0 aliphatic carbocycles. The van der Waals surface area contributed by atoms with Crippen LogP contribution in [0.1, 0.15) is 5.56 Å². The summed E-state index contributed by atoms with van der Waals surface area (Å²) in [5.41, 5.74) is 8.52. The van der Waals surface area contributed by atoms with E-state index >= 15 is 0 Å². The first-order valence-electron chi connectivity index (χ1n) is 4.39. The van der Waals surface area contributed by atoms with Gasteiger partial charge in [-0.05, 0) is 23.7 Å². The van der Waals surface area contributed by atoms with Gasteiger partial charge in [0.25, 0.3) is 0 Å². The zero-order valence-corrected chi connectivity index (χ0v) is 10.2. The second-order valence-corrected chi connectivity index (χ2v) is 3.66. The Morgan fingerprint density at radius 2 is 2.06 bits per heavy atom. The highest BCUT2D eigenvalue weighted by Crippen LogP contribution is 2.27. The molecule has 0 aliphatic rings. The lowest BCUT2D eigenvalue weighted by molar-refractivity contribution is -0.136. The number of nitrogens with zero attached hydrogens (tertiary/aromatic N) is 3. The van der Waals surface area contributed by atoms with Gasteiger partial charge >= 0.3 is 5.97 Å². The maximum Gasteiger partial charge on any atom is 0.340 e. The molecule has 0 saturated heterocycles. The standard InChI is InChI=1S/C10H7Cl2N3O2/c1-17-10(16)9(14-15-13)5-6-7(11)3-2-4-8(6)12/h2-5H,1H3. The fraction of sp³-hybridized carbons (Fsp3) is 0.100. The van der Waals surface area contributed by atoms with Crippen molar-refractivity contribution in [3.8, 4) is 0 Å². The van der Waals surface area contributed by atoms with E-state index in [4.69, 9.17) is 28.7 Å². The van der Waals surface area contributed by atoms with Gasteiger partial charge in [-0.1, -0.05) is 34.4 Å². The SMILES string of the molecule is COC(=O)C(=Cc1c(Cl)cccc1Cl)N=[N+]=[N-]. The molecule has 0 saturated carbocycles. The zero-order chi connectivity index (χ0) is 12.8. The van der Waals surface area contributed by atoms with Crippen molar-refractivity contribution >= 4 is 35.2 Å². The Morgan fingerprint density at radius 1 is 1.47 bits per heavy atom. The van der Waals surface area contributed by atoms with Gasteiger partial charge in [-0.2, -0.15) is 0 Å². The fourth-order valence-electron chi connectivity index (χ4n) is 1.07. The predicted molar refractivity (Wildman–Crippen MR) is 65.6 cm³/mol. The number of hydrogen-bond acceptors (Lipinski definition) is 3.